The molecule has 1 saturated carbocycles. The van der Waals surface area contributed by atoms with Crippen LogP contribution in [0.15, 0.2) is 48.9 Å². The van der Waals surface area contributed by atoms with Crippen LogP contribution in [0.5, 0.6) is 5.75 Å². The molecular weight excluding hydrogens is 487 g/mol. The maximum Gasteiger partial charge on any atom is 0.210 e. The molecule has 0 bridgehead atoms. The summed E-state index contributed by atoms with van der Waals surface area (Å²) < 4.78 is 5.88. The van der Waals surface area contributed by atoms with Crippen molar-refractivity contribution in [2.45, 2.75) is 25.0 Å². The Morgan fingerprint density at radius 1 is 1.14 bits per heavy atom. The Hall–Kier alpha value is -3.36. The molecule has 1 spiro atoms. The lowest BCUT2D eigenvalue weighted by Crippen LogP contribution is -2.54. The van der Waals surface area contributed by atoms with E-state index in [0.717, 1.165) is 38.2 Å². The van der Waals surface area contributed by atoms with Gasteiger partial charge in [-0.25, -0.2) is 4.98 Å². The van der Waals surface area contributed by atoms with Crippen LogP contribution in [0.3, 0.4) is 0 Å². The molecule has 1 aliphatic heterocycles. The number of amides is 1. The summed E-state index contributed by atoms with van der Waals surface area (Å²) in [4.78, 5) is 24.0. The van der Waals surface area contributed by atoms with E-state index < -0.39 is 0 Å². The molecule has 0 unspecified atom stereocenters. The van der Waals surface area contributed by atoms with E-state index in [2.05, 4.69) is 14.9 Å². The fraction of sp³-hybridized carbons (Fsp3) is 0.280. The van der Waals surface area contributed by atoms with Gasteiger partial charge in [0.25, 0.3) is 0 Å². The van der Waals surface area contributed by atoms with Gasteiger partial charge in [0.1, 0.15) is 18.2 Å². The van der Waals surface area contributed by atoms with Gasteiger partial charge in [0, 0.05) is 60.6 Å². The third-order valence-electron chi connectivity index (χ3n) is 6.65. The molecule has 3 aromatic rings. The number of nitrogens with one attached hydrogen (secondary N) is 1. The van der Waals surface area contributed by atoms with E-state index in [-0.39, 0.29) is 17.9 Å². The molecule has 1 aliphatic carbocycles. The summed E-state index contributed by atoms with van der Waals surface area (Å²) in [6.45, 7) is 2.38. The zero-order chi connectivity index (χ0) is 24.6. The van der Waals surface area contributed by atoms with Crippen LogP contribution in [0, 0.1) is 5.41 Å². The average Bonchev–Trinajstić information content (AvgIpc) is 3.63. The zero-order valence-corrected chi connectivity index (χ0v) is 20.4. The Morgan fingerprint density at radius 3 is 2.57 bits per heavy atom. The van der Waals surface area contributed by atoms with E-state index in [1.165, 1.54) is 12.4 Å². The summed E-state index contributed by atoms with van der Waals surface area (Å²) in [7, 11) is 0. The molecule has 2 aromatic heterocycles. The quantitative estimate of drug-likeness (QED) is 0.280. The number of ether oxygens (including phenoxy) is 1. The largest absolute Gasteiger partial charge is 0.489 e. The monoisotopic (exact) mass is 510 g/mol. The summed E-state index contributed by atoms with van der Waals surface area (Å²) in [5, 5.41) is 9.57. The highest BCUT2D eigenvalue weighted by Crippen LogP contribution is 2.44. The number of pyridine rings is 2. The number of anilines is 2. The molecule has 35 heavy (non-hydrogen) atoms. The lowest BCUT2D eigenvalue weighted by molar-refractivity contribution is -0.121. The Kier molecular flexibility index (Phi) is 6.25. The van der Waals surface area contributed by atoms with Gasteiger partial charge in [0.05, 0.1) is 21.3 Å². The SMILES string of the molecule is N=C(c1ccc(N2CCN(C=O)C3(CC3)C2)nc1)c1cc(OCc2c(Cl)cncc2Cl)ccc1N. The van der Waals surface area contributed by atoms with Crippen molar-refractivity contribution in [2.24, 2.45) is 0 Å². The highest BCUT2D eigenvalue weighted by atomic mass is 35.5. The molecule has 2 aliphatic rings. The number of hydrogen-bond acceptors (Lipinski definition) is 7. The number of nitrogens with zero attached hydrogens (tertiary/aromatic N) is 4. The highest BCUT2D eigenvalue weighted by molar-refractivity contribution is 6.35. The number of aromatic nitrogens is 2. The molecule has 3 heterocycles. The van der Waals surface area contributed by atoms with Crippen LogP contribution in [0.1, 0.15) is 29.5 Å². The van der Waals surface area contributed by atoms with Crippen molar-refractivity contribution in [2.75, 3.05) is 30.3 Å². The van der Waals surface area contributed by atoms with Crippen molar-refractivity contribution in [1.82, 2.24) is 14.9 Å². The third-order valence-corrected chi connectivity index (χ3v) is 7.30. The minimum Gasteiger partial charge on any atom is -0.489 e. The number of halogens is 2. The first-order valence-electron chi connectivity index (χ1n) is 11.2. The van der Waals surface area contributed by atoms with Crippen LogP contribution in [0.4, 0.5) is 11.5 Å². The van der Waals surface area contributed by atoms with Crippen molar-refractivity contribution in [3.63, 3.8) is 0 Å². The highest BCUT2D eigenvalue weighted by Gasteiger charge is 2.51. The predicted molar refractivity (Wildman–Crippen MR) is 137 cm³/mol. The molecule has 8 nitrogen and oxygen atoms in total. The summed E-state index contributed by atoms with van der Waals surface area (Å²) in [5.74, 6) is 1.38. The van der Waals surface area contributed by atoms with Crippen LogP contribution < -0.4 is 15.4 Å². The maximum atomic E-state index is 11.3. The molecular formula is C25H24Cl2N6O2. The standard InChI is InChI=1S/C25H24Cl2N6O2/c26-20-11-30-12-21(27)19(20)13-35-17-2-3-22(28)18(9-17)24(29)16-1-4-23(31-10-16)32-7-8-33(15-34)25(14-32)5-6-25/h1-4,9-12,15,29H,5-8,13-14,28H2. The maximum absolute atomic E-state index is 11.3. The predicted octanol–water partition coefficient (Wildman–Crippen LogP) is 4.17. The van der Waals surface area contributed by atoms with Gasteiger partial charge < -0.3 is 20.3 Å². The van der Waals surface area contributed by atoms with Crippen molar-refractivity contribution in [3.8, 4) is 5.75 Å². The molecule has 2 fully saturated rings. The fourth-order valence-electron chi connectivity index (χ4n) is 4.39. The Balaban J connectivity index is 1.30. The molecule has 1 saturated heterocycles. The van der Waals surface area contributed by atoms with Crippen molar-refractivity contribution < 1.29 is 9.53 Å². The number of nitrogens with two attached hydrogens (primary N) is 1. The number of piperazine rings is 1. The van der Waals surface area contributed by atoms with Gasteiger partial charge in [-0.3, -0.25) is 15.2 Å². The Morgan fingerprint density at radius 2 is 1.91 bits per heavy atom. The third kappa shape index (κ3) is 4.63. The molecule has 10 heteroatoms. The van der Waals surface area contributed by atoms with E-state index in [0.29, 0.717) is 44.7 Å². The molecule has 3 N–H and O–H groups in total. The van der Waals surface area contributed by atoms with Gasteiger partial charge >= 0.3 is 0 Å². The summed E-state index contributed by atoms with van der Waals surface area (Å²) >= 11 is 12.4. The molecule has 0 radical (unpaired) electrons. The number of carbonyl (C=O) groups is 1. The fourth-order valence-corrected chi connectivity index (χ4v) is 4.86. The topological polar surface area (TPSA) is 108 Å². The number of rotatable bonds is 7. The summed E-state index contributed by atoms with van der Waals surface area (Å²) in [6, 6.07) is 8.96. The number of benzene rings is 1. The van der Waals surface area contributed by atoms with Crippen LogP contribution in [0.25, 0.3) is 0 Å². The first kappa shape index (κ1) is 23.4. The van der Waals surface area contributed by atoms with Gasteiger partial charge in [0.2, 0.25) is 6.41 Å². The second-order valence-corrected chi connectivity index (χ2v) is 9.66. The van der Waals surface area contributed by atoms with Crippen LogP contribution >= 0.6 is 23.2 Å². The van der Waals surface area contributed by atoms with Gasteiger partial charge in [-0.1, -0.05) is 23.2 Å². The zero-order valence-electron chi connectivity index (χ0n) is 18.9. The van der Waals surface area contributed by atoms with Gasteiger partial charge in [0.15, 0.2) is 0 Å². The molecule has 5 rings (SSSR count). The molecule has 180 valence electrons. The Bertz CT molecular complexity index is 1260. The minimum absolute atomic E-state index is 0.0351. The first-order valence-corrected chi connectivity index (χ1v) is 12.0. The average molecular weight is 511 g/mol. The van der Waals surface area contributed by atoms with Gasteiger partial charge in [-0.15, -0.1) is 0 Å². The minimum atomic E-state index is -0.0351. The number of carbonyl (C=O) groups excluding carboxylic acids is 1. The lowest BCUT2D eigenvalue weighted by atomic mass is 10.0. The van der Waals surface area contributed by atoms with Crippen LogP contribution in [-0.2, 0) is 11.4 Å². The van der Waals surface area contributed by atoms with E-state index >= 15 is 0 Å². The van der Waals surface area contributed by atoms with Crippen molar-refractivity contribution in [1.29, 1.82) is 5.41 Å². The molecule has 1 amide bonds. The number of hydrogen-bond donors (Lipinski definition) is 2. The van der Waals surface area contributed by atoms with Gasteiger partial charge in [-0.05, 0) is 43.2 Å². The normalized spacial score (nSPS) is 16.3. The van der Waals surface area contributed by atoms with E-state index in [1.807, 2.05) is 17.0 Å². The molecule has 1 aromatic carbocycles. The van der Waals surface area contributed by atoms with Crippen molar-refractivity contribution >= 4 is 46.8 Å². The van der Waals surface area contributed by atoms with Crippen molar-refractivity contribution in [3.05, 3.63) is 75.7 Å². The van der Waals surface area contributed by atoms with Crippen LogP contribution in [-0.4, -0.2) is 52.2 Å². The van der Waals surface area contributed by atoms with E-state index in [9.17, 15) is 4.79 Å². The van der Waals surface area contributed by atoms with Gasteiger partial charge in [-0.2, -0.15) is 0 Å². The van der Waals surface area contributed by atoms with Crippen LogP contribution in [0.2, 0.25) is 10.0 Å². The second-order valence-electron chi connectivity index (χ2n) is 8.84. The van der Waals surface area contributed by atoms with E-state index in [4.69, 9.17) is 39.1 Å². The number of nitrogen functional groups attached to an aromatic ring is 1. The lowest BCUT2D eigenvalue weighted by Gasteiger charge is -2.40. The van der Waals surface area contributed by atoms with E-state index in [1.54, 1.807) is 24.4 Å². The second kappa shape index (κ2) is 9.36. The Labute approximate surface area is 213 Å². The first-order chi connectivity index (χ1) is 16.9. The summed E-state index contributed by atoms with van der Waals surface area (Å²) in [6.07, 6.45) is 7.74. The smallest absolute Gasteiger partial charge is 0.210 e. The molecule has 0 atom stereocenters. The summed E-state index contributed by atoms with van der Waals surface area (Å²) in [5.41, 5.74) is 8.68.